The molecule has 3 nitrogen and oxygen atoms in total. The molecule has 1 aliphatic carbocycles. The average molecular weight is 288 g/mol. The van der Waals surface area contributed by atoms with Crippen LogP contribution in [0.5, 0.6) is 5.75 Å². The molecule has 0 aromatic heterocycles. The number of carbonyl (C=O) groups is 1. The lowest BCUT2D eigenvalue weighted by Crippen LogP contribution is -2.39. The SMILES string of the molecule is Cc1ccc2c(c1)CC(CC1(C(=O)O)CCC(C)CC1)O2. The summed E-state index contributed by atoms with van der Waals surface area (Å²) in [4.78, 5) is 11.8. The molecule has 1 aromatic rings. The van der Waals surface area contributed by atoms with Crippen molar-refractivity contribution in [3.8, 4) is 5.75 Å². The normalized spacial score (nSPS) is 31.5. The summed E-state index contributed by atoms with van der Waals surface area (Å²) in [5, 5.41) is 9.74. The molecule has 3 rings (SSSR count). The van der Waals surface area contributed by atoms with E-state index in [-0.39, 0.29) is 6.10 Å². The first kappa shape index (κ1) is 14.4. The molecule has 1 heterocycles. The van der Waals surface area contributed by atoms with E-state index in [1.54, 1.807) is 0 Å². The maximum atomic E-state index is 11.8. The number of carboxylic acids is 1. The fourth-order valence-corrected chi connectivity index (χ4v) is 3.82. The predicted molar refractivity (Wildman–Crippen MR) is 81.6 cm³/mol. The van der Waals surface area contributed by atoms with Crippen molar-refractivity contribution in [2.24, 2.45) is 11.3 Å². The number of benzene rings is 1. The molecule has 0 saturated heterocycles. The summed E-state index contributed by atoms with van der Waals surface area (Å²) in [6.45, 7) is 4.30. The topological polar surface area (TPSA) is 46.5 Å². The van der Waals surface area contributed by atoms with Crippen molar-refractivity contribution in [2.75, 3.05) is 0 Å². The fraction of sp³-hybridized carbons (Fsp3) is 0.611. The minimum Gasteiger partial charge on any atom is -0.490 e. The highest BCUT2D eigenvalue weighted by Crippen LogP contribution is 2.45. The Balaban J connectivity index is 1.73. The van der Waals surface area contributed by atoms with Gasteiger partial charge in [0.1, 0.15) is 11.9 Å². The van der Waals surface area contributed by atoms with Crippen LogP contribution in [0.3, 0.4) is 0 Å². The van der Waals surface area contributed by atoms with Gasteiger partial charge in [0.15, 0.2) is 0 Å². The molecule has 21 heavy (non-hydrogen) atoms. The van der Waals surface area contributed by atoms with Gasteiger partial charge in [-0.1, -0.05) is 24.6 Å². The molecule has 0 amide bonds. The number of hydrogen-bond acceptors (Lipinski definition) is 2. The summed E-state index contributed by atoms with van der Waals surface area (Å²) in [5.74, 6) is 0.960. The van der Waals surface area contributed by atoms with Crippen LogP contribution in [0.4, 0.5) is 0 Å². The van der Waals surface area contributed by atoms with Crippen molar-refractivity contribution in [3.63, 3.8) is 0 Å². The van der Waals surface area contributed by atoms with Crippen molar-refractivity contribution in [3.05, 3.63) is 29.3 Å². The van der Waals surface area contributed by atoms with Crippen LogP contribution in [0.15, 0.2) is 18.2 Å². The van der Waals surface area contributed by atoms with Gasteiger partial charge >= 0.3 is 5.97 Å². The first-order chi connectivity index (χ1) is 9.98. The molecule has 1 fully saturated rings. The second kappa shape index (κ2) is 5.36. The first-order valence-corrected chi connectivity index (χ1v) is 7.98. The lowest BCUT2D eigenvalue weighted by atomic mass is 9.68. The Morgan fingerprint density at radius 2 is 2.10 bits per heavy atom. The summed E-state index contributed by atoms with van der Waals surface area (Å²) in [6.07, 6.45) is 5.13. The Kier molecular flexibility index (Phi) is 3.68. The monoisotopic (exact) mass is 288 g/mol. The average Bonchev–Trinajstić information content (AvgIpc) is 2.82. The molecule has 1 aromatic carbocycles. The maximum absolute atomic E-state index is 11.8. The van der Waals surface area contributed by atoms with Crippen LogP contribution >= 0.6 is 0 Å². The minimum atomic E-state index is -0.634. The maximum Gasteiger partial charge on any atom is 0.309 e. The van der Waals surface area contributed by atoms with Gasteiger partial charge in [0, 0.05) is 12.8 Å². The van der Waals surface area contributed by atoms with Crippen molar-refractivity contribution in [1.29, 1.82) is 0 Å². The van der Waals surface area contributed by atoms with Crippen molar-refractivity contribution in [2.45, 2.75) is 58.5 Å². The zero-order valence-electron chi connectivity index (χ0n) is 12.9. The van der Waals surface area contributed by atoms with Crippen LogP contribution in [-0.2, 0) is 11.2 Å². The highest BCUT2D eigenvalue weighted by molar-refractivity contribution is 5.74. The Bertz CT molecular complexity index is 541. The summed E-state index contributed by atoms with van der Waals surface area (Å²) in [7, 11) is 0. The van der Waals surface area contributed by atoms with Gasteiger partial charge < -0.3 is 9.84 Å². The van der Waals surface area contributed by atoms with Crippen LogP contribution in [0.2, 0.25) is 0 Å². The number of ether oxygens (including phenoxy) is 1. The lowest BCUT2D eigenvalue weighted by molar-refractivity contribution is -0.153. The Morgan fingerprint density at radius 1 is 1.38 bits per heavy atom. The minimum absolute atomic E-state index is 0.0197. The molecule has 1 unspecified atom stereocenters. The number of aliphatic carboxylic acids is 1. The third kappa shape index (κ3) is 2.78. The van der Waals surface area contributed by atoms with Gasteiger partial charge in [-0.15, -0.1) is 0 Å². The van der Waals surface area contributed by atoms with Gasteiger partial charge in [0.25, 0.3) is 0 Å². The molecule has 3 heteroatoms. The number of carboxylic acid groups (broad SMARTS) is 1. The quantitative estimate of drug-likeness (QED) is 0.915. The van der Waals surface area contributed by atoms with Gasteiger partial charge in [-0.25, -0.2) is 0 Å². The molecular formula is C18H24O3. The fourth-order valence-electron chi connectivity index (χ4n) is 3.82. The third-order valence-corrected chi connectivity index (χ3v) is 5.26. The highest BCUT2D eigenvalue weighted by atomic mass is 16.5. The van der Waals surface area contributed by atoms with Gasteiger partial charge in [0.05, 0.1) is 5.41 Å². The Labute approximate surface area is 126 Å². The number of rotatable bonds is 3. The largest absolute Gasteiger partial charge is 0.490 e. The standard InChI is InChI=1S/C18H24O3/c1-12-5-7-18(8-6-12,17(19)20)11-15-10-14-9-13(2)3-4-16(14)21-15/h3-4,9,12,15H,5-8,10-11H2,1-2H3,(H,19,20). The van der Waals surface area contributed by atoms with E-state index < -0.39 is 11.4 Å². The van der Waals surface area contributed by atoms with Crippen LogP contribution in [0.25, 0.3) is 0 Å². The first-order valence-electron chi connectivity index (χ1n) is 7.98. The molecule has 1 atom stereocenters. The van der Waals surface area contributed by atoms with Gasteiger partial charge in [-0.05, 0) is 50.2 Å². The van der Waals surface area contributed by atoms with Crippen molar-refractivity contribution in [1.82, 2.24) is 0 Å². The molecule has 0 spiro atoms. The van der Waals surface area contributed by atoms with E-state index in [0.717, 1.165) is 37.9 Å². The zero-order chi connectivity index (χ0) is 15.0. The van der Waals surface area contributed by atoms with Crippen LogP contribution in [0.1, 0.15) is 50.2 Å². The van der Waals surface area contributed by atoms with Gasteiger partial charge in [-0.3, -0.25) is 4.79 Å². The Hall–Kier alpha value is -1.51. The molecule has 1 aliphatic heterocycles. The van der Waals surface area contributed by atoms with Crippen LogP contribution in [0, 0.1) is 18.3 Å². The molecule has 114 valence electrons. The van der Waals surface area contributed by atoms with E-state index in [9.17, 15) is 9.90 Å². The van der Waals surface area contributed by atoms with Crippen molar-refractivity contribution < 1.29 is 14.6 Å². The molecule has 1 N–H and O–H groups in total. The summed E-state index contributed by atoms with van der Waals surface area (Å²) in [5.41, 5.74) is 1.89. The van der Waals surface area contributed by atoms with E-state index in [0.29, 0.717) is 12.3 Å². The number of hydrogen-bond donors (Lipinski definition) is 1. The molecule has 0 bridgehead atoms. The van der Waals surface area contributed by atoms with E-state index in [1.165, 1.54) is 11.1 Å². The van der Waals surface area contributed by atoms with Crippen LogP contribution < -0.4 is 4.74 Å². The summed E-state index contributed by atoms with van der Waals surface area (Å²) < 4.78 is 6.00. The predicted octanol–water partition coefficient (Wildman–Crippen LogP) is 3.97. The van der Waals surface area contributed by atoms with E-state index in [2.05, 4.69) is 26.0 Å². The lowest BCUT2D eigenvalue weighted by Gasteiger charge is -2.37. The second-order valence-corrected chi connectivity index (χ2v) is 7.03. The third-order valence-electron chi connectivity index (χ3n) is 5.26. The van der Waals surface area contributed by atoms with Gasteiger partial charge in [0.2, 0.25) is 0 Å². The van der Waals surface area contributed by atoms with E-state index in [1.807, 2.05) is 6.07 Å². The van der Waals surface area contributed by atoms with Gasteiger partial charge in [-0.2, -0.15) is 0 Å². The second-order valence-electron chi connectivity index (χ2n) is 7.03. The van der Waals surface area contributed by atoms with E-state index in [4.69, 9.17) is 4.74 Å². The molecule has 1 saturated carbocycles. The summed E-state index contributed by atoms with van der Waals surface area (Å²) in [6, 6.07) is 6.23. The summed E-state index contributed by atoms with van der Waals surface area (Å²) >= 11 is 0. The van der Waals surface area contributed by atoms with Crippen molar-refractivity contribution >= 4 is 5.97 Å². The number of aryl methyl sites for hydroxylation is 1. The highest BCUT2D eigenvalue weighted by Gasteiger charge is 2.44. The molecule has 2 aliphatic rings. The Morgan fingerprint density at radius 3 is 2.76 bits per heavy atom. The molecular weight excluding hydrogens is 264 g/mol. The number of fused-ring (bicyclic) bond motifs is 1. The zero-order valence-corrected chi connectivity index (χ0v) is 12.9. The smallest absolute Gasteiger partial charge is 0.309 e. The molecule has 0 radical (unpaired) electrons. The van der Waals surface area contributed by atoms with Crippen LogP contribution in [-0.4, -0.2) is 17.2 Å². The van der Waals surface area contributed by atoms with E-state index >= 15 is 0 Å².